The lowest BCUT2D eigenvalue weighted by molar-refractivity contribution is 0.0948. The van der Waals surface area contributed by atoms with E-state index in [1.165, 1.54) is 0 Å². The molecule has 0 bridgehead atoms. The predicted molar refractivity (Wildman–Crippen MR) is 84.3 cm³/mol. The van der Waals surface area contributed by atoms with Gasteiger partial charge in [0, 0.05) is 18.3 Å². The van der Waals surface area contributed by atoms with Crippen LogP contribution in [0.2, 0.25) is 0 Å². The van der Waals surface area contributed by atoms with Crippen LogP contribution in [-0.2, 0) is 4.84 Å². The Kier molecular flexibility index (Phi) is 4.18. The van der Waals surface area contributed by atoms with Crippen LogP contribution in [0, 0.1) is 6.92 Å². The second kappa shape index (κ2) is 6.43. The largest absolute Gasteiger partial charge is 0.497 e. The van der Waals surface area contributed by atoms with Crippen molar-refractivity contribution in [2.45, 2.75) is 19.4 Å². The first-order valence-electron chi connectivity index (χ1n) is 7.15. The van der Waals surface area contributed by atoms with Crippen LogP contribution in [0.25, 0.3) is 0 Å². The van der Waals surface area contributed by atoms with Gasteiger partial charge in [-0.2, -0.15) is 0 Å². The first-order chi connectivity index (χ1) is 10.7. The molecular weight excluding hydrogens is 280 g/mol. The molecule has 22 heavy (non-hydrogen) atoms. The molecule has 1 unspecified atom stereocenters. The Hall–Kier alpha value is -2.63. The predicted octanol–water partition coefficient (Wildman–Crippen LogP) is 2.40. The number of aryl methyl sites for hydroxylation is 1. The highest BCUT2D eigenvalue weighted by Crippen LogP contribution is 2.19. The number of aromatic nitrogens is 2. The summed E-state index contributed by atoms with van der Waals surface area (Å²) in [5, 5.41) is 7.34. The zero-order chi connectivity index (χ0) is 15.4. The normalized spacial score (nSPS) is 16.8. The molecule has 0 saturated heterocycles. The van der Waals surface area contributed by atoms with Gasteiger partial charge >= 0.3 is 0 Å². The van der Waals surface area contributed by atoms with E-state index in [4.69, 9.17) is 9.57 Å². The number of rotatable bonds is 5. The van der Waals surface area contributed by atoms with Crippen molar-refractivity contribution in [3.05, 3.63) is 47.8 Å². The van der Waals surface area contributed by atoms with E-state index >= 15 is 0 Å². The van der Waals surface area contributed by atoms with Gasteiger partial charge in [-0.1, -0.05) is 5.16 Å². The topological polar surface area (TPSA) is 68.6 Å². The highest BCUT2D eigenvalue weighted by atomic mass is 16.6. The first-order valence-corrected chi connectivity index (χ1v) is 7.15. The number of anilines is 1. The molecule has 114 valence electrons. The molecule has 0 saturated carbocycles. The number of ether oxygens (including phenoxy) is 1. The summed E-state index contributed by atoms with van der Waals surface area (Å²) in [7, 11) is 1.65. The maximum Gasteiger partial charge on any atom is 0.222 e. The maximum absolute atomic E-state index is 5.47. The Balaban J connectivity index is 1.55. The van der Waals surface area contributed by atoms with Gasteiger partial charge in [-0.05, 0) is 42.8 Å². The number of benzene rings is 1. The fourth-order valence-electron chi connectivity index (χ4n) is 2.23. The zero-order valence-corrected chi connectivity index (χ0v) is 12.6. The molecule has 3 rings (SSSR count). The molecule has 0 spiro atoms. The van der Waals surface area contributed by atoms with Crippen LogP contribution in [0.4, 0.5) is 5.95 Å². The minimum atomic E-state index is -0.0128. The molecule has 0 aliphatic carbocycles. The van der Waals surface area contributed by atoms with Gasteiger partial charge in [0.15, 0.2) is 0 Å². The molecule has 1 aromatic carbocycles. The van der Waals surface area contributed by atoms with Crippen LogP contribution in [-0.4, -0.2) is 35.4 Å². The third kappa shape index (κ3) is 3.33. The zero-order valence-electron chi connectivity index (χ0n) is 12.6. The molecule has 2 heterocycles. The maximum atomic E-state index is 5.47. The van der Waals surface area contributed by atoms with E-state index in [0.717, 1.165) is 29.1 Å². The molecule has 1 aliphatic heterocycles. The van der Waals surface area contributed by atoms with Crippen molar-refractivity contribution < 1.29 is 9.57 Å². The summed E-state index contributed by atoms with van der Waals surface area (Å²) in [5.41, 5.74) is 2.93. The van der Waals surface area contributed by atoms with Crippen molar-refractivity contribution in [2.75, 3.05) is 19.0 Å². The molecule has 0 fully saturated rings. The van der Waals surface area contributed by atoms with Gasteiger partial charge < -0.3 is 14.9 Å². The molecule has 6 nitrogen and oxygen atoms in total. The molecule has 1 atom stereocenters. The van der Waals surface area contributed by atoms with Crippen molar-refractivity contribution in [3.63, 3.8) is 0 Å². The number of oxime groups is 1. The monoisotopic (exact) mass is 298 g/mol. The smallest absolute Gasteiger partial charge is 0.222 e. The van der Waals surface area contributed by atoms with E-state index in [0.29, 0.717) is 12.5 Å². The molecular formula is C16H18N4O2. The third-order valence-electron chi connectivity index (χ3n) is 3.44. The Morgan fingerprint density at radius 1 is 1.27 bits per heavy atom. The van der Waals surface area contributed by atoms with E-state index in [2.05, 4.69) is 20.4 Å². The lowest BCUT2D eigenvalue weighted by atomic mass is 10.0. The van der Waals surface area contributed by atoms with Gasteiger partial charge in [-0.3, -0.25) is 0 Å². The summed E-state index contributed by atoms with van der Waals surface area (Å²) >= 11 is 0. The van der Waals surface area contributed by atoms with Gasteiger partial charge in [0.25, 0.3) is 0 Å². The lowest BCUT2D eigenvalue weighted by Crippen LogP contribution is -2.21. The summed E-state index contributed by atoms with van der Waals surface area (Å²) in [6.07, 6.45) is 2.48. The number of hydrogen-bond acceptors (Lipinski definition) is 6. The quantitative estimate of drug-likeness (QED) is 0.918. The van der Waals surface area contributed by atoms with Crippen LogP contribution in [0.1, 0.15) is 17.7 Å². The summed E-state index contributed by atoms with van der Waals surface area (Å²) in [5.74, 6) is 1.44. The highest BCUT2D eigenvalue weighted by molar-refractivity contribution is 6.01. The Bertz CT molecular complexity index is 670. The molecule has 6 heteroatoms. The molecule has 0 radical (unpaired) electrons. The molecule has 2 aromatic rings. The van der Waals surface area contributed by atoms with Crippen molar-refractivity contribution in [3.8, 4) is 5.75 Å². The van der Waals surface area contributed by atoms with Crippen LogP contribution in [0.15, 0.2) is 41.7 Å². The van der Waals surface area contributed by atoms with Gasteiger partial charge in [-0.15, -0.1) is 0 Å². The summed E-state index contributed by atoms with van der Waals surface area (Å²) < 4.78 is 5.16. The van der Waals surface area contributed by atoms with E-state index in [-0.39, 0.29) is 6.10 Å². The second-order valence-electron chi connectivity index (χ2n) is 5.10. The number of nitrogens with one attached hydrogen (secondary N) is 1. The number of methoxy groups -OCH3 is 1. The lowest BCUT2D eigenvalue weighted by Gasteiger charge is -2.09. The third-order valence-corrected chi connectivity index (χ3v) is 3.44. The summed E-state index contributed by atoms with van der Waals surface area (Å²) in [4.78, 5) is 13.9. The fraction of sp³-hybridized carbons (Fsp3) is 0.312. The van der Waals surface area contributed by atoms with E-state index in [1.54, 1.807) is 13.3 Å². The van der Waals surface area contributed by atoms with Crippen LogP contribution < -0.4 is 10.1 Å². The molecule has 1 aliphatic rings. The van der Waals surface area contributed by atoms with Crippen molar-refractivity contribution in [2.24, 2.45) is 5.16 Å². The highest BCUT2D eigenvalue weighted by Gasteiger charge is 2.22. The van der Waals surface area contributed by atoms with Gasteiger partial charge in [-0.25, -0.2) is 9.97 Å². The van der Waals surface area contributed by atoms with E-state index < -0.39 is 0 Å². The molecule has 1 aromatic heterocycles. The Morgan fingerprint density at radius 3 is 2.82 bits per heavy atom. The van der Waals surface area contributed by atoms with Gasteiger partial charge in [0.2, 0.25) is 5.95 Å². The average Bonchev–Trinajstić information content (AvgIpc) is 3.02. The minimum absolute atomic E-state index is 0.0128. The van der Waals surface area contributed by atoms with E-state index in [9.17, 15) is 0 Å². The number of nitrogens with zero attached hydrogens (tertiary/aromatic N) is 3. The summed E-state index contributed by atoms with van der Waals surface area (Å²) in [6.45, 7) is 2.55. The SMILES string of the molecule is COc1ccc(C2=NOC(CNc3nccc(C)n3)C2)cc1. The Morgan fingerprint density at radius 2 is 2.09 bits per heavy atom. The summed E-state index contributed by atoms with van der Waals surface area (Å²) in [6, 6.07) is 9.68. The first kappa shape index (κ1) is 14.3. The van der Waals surface area contributed by atoms with Crippen LogP contribution in [0.3, 0.4) is 0 Å². The van der Waals surface area contributed by atoms with E-state index in [1.807, 2.05) is 37.3 Å². The second-order valence-corrected chi connectivity index (χ2v) is 5.10. The van der Waals surface area contributed by atoms with Crippen LogP contribution >= 0.6 is 0 Å². The minimum Gasteiger partial charge on any atom is -0.497 e. The van der Waals surface area contributed by atoms with Crippen molar-refractivity contribution >= 4 is 11.7 Å². The number of hydrogen-bond donors (Lipinski definition) is 1. The van der Waals surface area contributed by atoms with Crippen molar-refractivity contribution in [1.29, 1.82) is 0 Å². The van der Waals surface area contributed by atoms with Gasteiger partial charge in [0.1, 0.15) is 11.9 Å². The van der Waals surface area contributed by atoms with Crippen LogP contribution in [0.5, 0.6) is 5.75 Å². The standard InChI is InChI=1S/C16H18N4O2/c1-11-7-8-17-16(19-11)18-10-14-9-15(20-22-14)12-3-5-13(21-2)6-4-12/h3-8,14H,9-10H2,1-2H3,(H,17,18,19). The molecule has 0 amide bonds. The van der Waals surface area contributed by atoms with Crippen molar-refractivity contribution in [1.82, 2.24) is 9.97 Å². The van der Waals surface area contributed by atoms with Gasteiger partial charge in [0.05, 0.1) is 19.4 Å². The molecule has 1 N–H and O–H groups in total. The Labute approximate surface area is 129 Å². The fourth-order valence-corrected chi connectivity index (χ4v) is 2.23. The average molecular weight is 298 g/mol.